The summed E-state index contributed by atoms with van der Waals surface area (Å²) < 4.78 is 29.5. The molecule has 2 aromatic rings. The van der Waals surface area contributed by atoms with Gasteiger partial charge in [0.2, 0.25) is 5.91 Å². The quantitative estimate of drug-likeness (QED) is 0.0263. The third-order valence-electron chi connectivity index (χ3n) is 11.0. The number of phosphoric acid groups is 1. The molecule has 11 heteroatoms. The van der Waals surface area contributed by atoms with Crippen molar-refractivity contribution in [2.75, 3.05) is 24.6 Å². The molecule has 0 aliphatic carbocycles. The van der Waals surface area contributed by atoms with Gasteiger partial charge in [-0.3, -0.25) is 14.2 Å². The third-order valence-corrected chi connectivity index (χ3v) is 11.9. The van der Waals surface area contributed by atoms with Crippen LogP contribution in [0.5, 0.6) is 5.75 Å². The lowest BCUT2D eigenvalue weighted by Crippen LogP contribution is -2.45. The number of aliphatic hydroxyl groups excluding tert-OH is 1. The number of unbranched alkanes of at least 4 members (excludes halogenated alkanes) is 23. The van der Waals surface area contributed by atoms with Crippen molar-refractivity contribution in [2.24, 2.45) is 0 Å². The molecule has 2 rings (SSSR count). The molecule has 3 atom stereocenters. The van der Waals surface area contributed by atoms with E-state index in [0.29, 0.717) is 5.39 Å². The number of aliphatic hydroxyl groups is 1. The number of carbonyl (C=O) groups excluding carboxylic acids is 1. The number of anilines is 1. The number of rotatable bonds is 37. The monoisotopic (exact) mass is 833 g/mol. The van der Waals surface area contributed by atoms with Crippen molar-refractivity contribution in [3.63, 3.8) is 0 Å². The van der Waals surface area contributed by atoms with Gasteiger partial charge in [0.05, 0.1) is 30.2 Å². The van der Waals surface area contributed by atoms with Gasteiger partial charge < -0.3 is 24.3 Å². The molecule has 0 aliphatic heterocycles. The molecule has 1 heterocycles. The molecule has 0 radical (unpaired) electrons. The predicted molar refractivity (Wildman–Crippen MR) is 241 cm³/mol. The number of allylic oxidation sites excluding steroid dienone is 1. The highest BCUT2D eigenvalue weighted by Crippen LogP contribution is 2.46. The fourth-order valence-electron chi connectivity index (χ4n) is 7.41. The van der Waals surface area contributed by atoms with Crippen LogP contribution in [0, 0.1) is 0 Å². The number of carbonyl (C=O) groups is 1. The second kappa shape index (κ2) is 32.2. The van der Waals surface area contributed by atoms with Gasteiger partial charge in [0.25, 0.3) is 0 Å². The van der Waals surface area contributed by atoms with Crippen LogP contribution in [0.25, 0.3) is 11.0 Å². The second-order valence-electron chi connectivity index (χ2n) is 16.0. The Morgan fingerprint density at radius 3 is 1.78 bits per heavy atom. The highest BCUT2D eigenvalue weighted by Gasteiger charge is 2.29. The molecule has 0 saturated heterocycles. The highest BCUT2D eigenvalue weighted by molar-refractivity contribution is 7.47. The van der Waals surface area contributed by atoms with Gasteiger partial charge in [0.1, 0.15) is 11.3 Å². The maximum absolute atomic E-state index is 13.3. The Morgan fingerprint density at radius 2 is 1.26 bits per heavy atom. The minimum absolute atomic E-state index is 0.154. The normalized spacial score (nSPS) is 13.8. The first-order chi connectivity index (χ1) is 28.1. The smallest absolute Gasteiger partial charge is 0.422 e. The van der Waals surface area contributed by atoms with E-state index in [1.165, 1.54) is 116 Å². The van der Waals surface area contributed by atoms with E-state index >= 15 is 0 Å². The third kappa shape index (κ3) is 23.2. The van der Waals surface area contributed by atoms with Crippen LogP contribution in [0.4, 0.5) is 5.69 Å². The van der Waals surface area contributed by atoms with Crippen LogP contribution >= 0.6 is 7.82 Å². The molecule has 1 aromatic heterocycles. The predicted octanol–water partition coefficient (Wildman–Crippen LogP) is 12.7. The Morgan fingerprint density at radius 1 is 0.759 bits per heavy atom. The molecule has 58 heavy (non-hydrogen) atoms. The first kappa shape index (κ1) is 51.5. The highest BCUT2D eigenvalue weighted by atomic mass is 31.2. The number of phosphoric ester groups is 1. The van der Waals surface area contributed by atoms with Crippen LogP contribution in [-0.4, -0.2) is 47.7 Å². The number of amides is 1. The van der Waals surface area contributed by atoms with E-state index in [-0.39, 0.29) is 23.7 Å². The Hall–Kier alpha value is -2.65. The first-order valence-electron chi connectivity index (χ1n) is 23.3. The Kier molecular flexibility index (Phi) is 28.6. The van der Waals surface area contributed by atoms with Crippen molar-refractivity contribution in [1.82, 2.24) is 5.32 Å². The van der Waals surface area contributed by atoms with Crippen molar-refractivity contribution in [1.29, 1.82) is 0 Å². The number of fused-ring (bicyclic) bond motifs is 1. The average molecular weight is 833 g/mol. The number of nitrogens with zero attached hydrogens (tertiary/aromatic N) is 1. The fraction of sp³-hybridized carbons (Fsp3) is 0.745. The summed E-state index contributed by atoms with van der Waals surface area (Å²) in [5.41, 5.74) is 0.309. The van der Waals surface area contributed by atoms with Crippen molar-refractivity contribution >= 4 is 30.4 Å². The minimum Gasteiger partial charge on any atom is -0.422 e. The van der Waals surface area contributed by atoms with Gasteiger partial charge >= 0.3 is 13.4 Å². The van der Waals surface area contributed by atoms with E-state index in [0.717, 1.165) is 69.8 Å². The maximum atomic E-state index is 13.3. The molecule has 1 aromatic carbocycles. The molecular weight excluding hydrogens is 751 g/mol. The largest absolute Gasteiger partial charge is 0.527 e. The summed E-state index contributed by atoms with van der Waals surface area (Å²) in [7, 11) is -4.81. The first-order valence-corrected chi connectivity index (χ1v) is 24.8. The van der Waals surface area contributed by atoms with E-state index in [2.05, 4.69) is 24.1 Å². The standard InChI is InChI=1S/C47H81N2O8P/c1-5-9-11-13-15-17-19-21-23-25-27-29-31-33-43(50)42(48-46(51)34-32-30-28-26-24-22-20-18-16-14-12-10-6-2)39-55-58(53,54)57-45-38-47(52)56-44-37-40(35-36-41(44)45)49(7-3)8-4/h31,33,35-38,42-43,50H,5-30,32,34,39H2,1-4H3,(H,48,51)(H,53,54)/b33-31+/t42-,43+/m0/s1. The van der Waals surface area contributed by atoms with Gasteiger partial charge in [-0.05, 0) is 45.2 Å². The van der Waals surface area contributed by atoms with Gasteiger partial charge in [-0.1, -0.05) is 167 Å². The second-order valence-corrected chi connectivity index (χ2v) is 17.4. The molecule has 10 nitrogen and oxygen atoms in total. The van der Waals surface area contributed by atoms with Crippen LogP contribution in [0.3, 0.4) is 0 Å². The molecule has 0 aliphatic rings. The van der Waals surface area contributed by atoms with Crippen molar-refractivity contribution in [2.45, 2.75) is 207 Å². The molecular formula is C47H81N2O8P. The molecule has 0 bridgehead atoms. The minimum atomic E-state index is -4.81. The lowest BCUT2D eigenvalue weighted by Gasteiger charge is -2.24. The van der Waals surface area contributed by atoms with Gasteiger partial charge in [-0.15, -0.1) is 0 Å². The summed E-state index contributed by atoms with van der Waals surface area (Å²) in [6.45, 7) is 9.55. The lowest BCUT2D eigenvalue weighted by atomic mass is 10.0. The summed E-state index contributed by atoms with van der Waals surface area (Å²) >= 11 is 0. The van der Waals surface area contributed by atoms with Crippen molar-refractivity contribution in [3.05, 3.63) is 46.8 Å². The maximum Gasteiger partial charge on any atom is 0.527 e. The lowest BCUT2D eigenvalue weighted by molar-refractivity contribution is -0.123. The van der Waals surface area contributed by atoms with Gasteiger partial charge in [0, 0.05) is 31.3 Å². The Balaban J connectivity index is 1.92. The van der Waals surface area contributed by atoms with Gasteiger partial charge in [-0.25, -0.2) is 9.36 Å². The van der Waals surface area contributed by atoms with Crippen molar-refractivity contribution < 1.29 is 32.8 Å². The number of nitrogens with one attached hydrogen (secondary N) is 1. The van der Waals surface area contributed by atoms with Crippen LogP contribution in [0.2, 0.25) is 0 Å². The van der Waals surface area contributed by atoms with E-state index in [9.17, 15) is 24.2 Å². The molecule has 0 saturated carbocycles. The average Bonchev–Trinajstić information content (AvgIpc) is 3.20. The van der Waals surface area contributed by atoms with Crippen LogP contribution < -0.4 is 20.4 Å². The van der Waals surface area contributed by atoms with Crippen LogP contribution in [-0.2, 0) is 13.9 Å². The zero-order valence-electron chi connectivity index (χ0n) is 36.9. The molecule has 1 amide bonds. The molecule has 0 fully saturated rings. The summed E-state index contributed by atoms with van der Waals surface area (Å²) in [5.74, 6) is -0.405. The van der Waals surface area contributed by atoms with Gasteiger partial charge in [0.15, 0.2) is 0 Å². The summed E-state index contributed by atoms with van der Waals surface area (Å²) in [4.78, 5) is 38.4. The molecule has 3 N–H and O–H groups in total. The van der Waals surface area contributed by atoms with E-state index in [1.807, 2.05) is 26.0 Å². The zero-order chi connectivity index (χ0) is 42.3. The van der Waals surface area contributed by atoms with Crippen LogP contribution in [0.1, 0.15) is 195 Å². The summed E-state index contributed by atoms with van der Waals surface area (Å²) in [5, 5.41) is 14.3. The Labute approximate surface area is 351 Å². The van der Waals surface area contributed by atoms with E-state index in [4.69, 9.17) is 13.5 Å². The number of benzene rings is 1. The molecule has 332 valence electrons. The summed E-state index contributed by atoms with van der Waals surface area (Å²) in [6.07, 6.45) is 33.0. The van der Waals surface area contributed by atoms with E-state index < -0.39 is 32.2 Å². The Bertz CT molecular complexity index is 1490. The zero-order valence-corrected chi connectivity index (χ0v) is 37.8. The number of hydrogen-bond donors (Lipinski definition) is 3. The molecule has 1 unspecified atom stereocenters. The van der Waals surface area contributed by atoms with E-state index in [1.54, 1.807) is 18.2 Å². The fourth-order valence-corrected chi connectivity index (χ4v) is 8.21. The topological polar surface area (TPSA) is 139 Å². The summed E-state index contributed by atoms with van der Waals surface area (Å²) in [6, 6.07) is 5.22. The van der Waals surface area contributed by atoms with Gasteiger partial charge in [-0.2, -0.15) is 0 Å². The molecule has 0 spiro atoms. The SMILES string of the molecule is CCCCCCCCCCCCC/C=C/[C@@H](O)[C@H](COP(=O)(O)Oc1cc(=O)oc2cc(N(CC)CC)ccc12)NC(=O)CCCCCCCCCCCCCCC. The van der Waals surface area contributed by atoms with Crippen LogP contribution in [0.15, 0.2) is 45.6 Å². The van der Waals surface area contributed by atoms with Crippen molar-refractivity contribution in [3.8, 4) is 5.75 Å². The number of hydrogen-bond acceptors (Lipinski definition) is 8.